The normalized spacial score (nSPS) is 10.6. The third-order valence-electron chi connectivity index (χ3n) is 3.29. The van der Waals surface area contributed by atoms with Crippen molar-refractivity contribution in [3.63, 3.8) is 0 Å². The summed E-state index contributed by atoms with van der Waals surface area (Å²) < 4.78 is 10.2. The van der Waals surface area contributed by atoms with Crippen molar-refractivity contribution in [3.05, 3.63) is 65.5 Å². The van der Waals surface area contributed by atoms with Crippen LogP contribution in [0.15, 0.2) is 53.3 Å². The van der Waals surface area contributed by atoms with Crippen molar-refractivity contribution in [1.29, 1.82) is 0 Å². The number of ketones is 1. The summed E-state index contributed by atoms with van der Waals surface area (Å²) in [6.45, 7) is 1.63. The van der Waals surface area contributed by atoms with Crippen molar-refractivity contribution < 1.29 is 18.7 Å². The highest BCUT2D eigenvalue weighted by Gasteiger charge is 2.16. The molecule has 110 valence electrons. The summed E-state index contributed by atoms with van der Waals surface area (Å²) >= 11 is 0. The Balaban J connectivity index is 1.71. The lowest BCUT2D eigenvalue weighted by Gasteiger charge is -2.05. The van der Waals surface area contributed by atoms with Gasteiger partial charge < -0.3 is 9.15 Å². The van der Waals surface area contributed by atoms with Crippen LogP contribution < -0.4 is 0 Å². The zero-order valence-electron chi connectivity index (χ0n) is 11.9. The van der Waals surface area contributed by atoms with Gasteiger partial charge in [0.25, 0.3) is 0 Å². The molecule has 0 N–H and O–H groups in total. The Morgan fingerprint density at radius 3 is 2.68 bits per heavy atom. The molecule has 5 nitrogen and oxygen atoms in total. The molecular weight excluding hydrogens is 282 g/mol. The van der Waals surface area contributed by atoms with Gasteiger partial charge in [0.05, 0.1) is 5.56 Å². The van der Waals surface area contributed by atoms with Crippen LogP contribution in [0.25, 0.3) is 11.1 Å². The number of benzene rings is 2. The van der Waals surface area contributed by atoms with Gasteiger partial charge >= 0.3 is 5.97 Å². The first-order chi connectivity index (χ1) is 10.6. The molecule has 0 radical (unpaired) electrons. The number of aromatic nitrogens is 1. The number of hydrogen-bond donors (Lipinski definition) is 0. The summed E-state index contributed by atoms with van der Waals surface area (Å²) in [5.74, 6) is -0.847. The first-order valence-corrected chi connectivity index (χ1v) is 6.74. The summed E-state index contributed by atoms with van der Waals surface area (Å²) in [5, 5.41) is 0. The Morgan fingerprint density at radius 2 is 1.91 bits per heavy atom. The van der Waals surface area contributed by atoms with Crippen molar-refractivity contribution in [2.24, 2.45) is 0 Å². The number of carbonyl (C=O) groups is 2. The maximum absolute atomic E-state index is 12.1. The second kappa shape index (κ2) is 5.81. The molecule has 5 heteroatoms. The van der Waals surface area contributed by atoms with Crippen LogP contribution in [-0.2, 0) is 4.74 Å². The quantitative estimate of drug-likeness (QED) is 0.546. The molecule has 0 aliphatic carbocycles. The van der Waals surface area contributed by atoms with Gasteiger partial charge in [0, 0.05) is 5.56 Å². The molecule has 0 fully saturated rings. The highest BCUT2D eigenvalue weighted by Crippen LogP contribution is 2.17. The van der Waals surface area contributed by atoms with Crippen molar-refractivity contribution >= 4 is 22.9 Å². The monoisotopic (exact) mass is 295 g/mol. The molecule has 0 bridgehead atoms. The summed E-state index contributed by atoms with van der Waals surface area (Å²) in [7, 11) is 0. The lowest BCUT2D eigenvalue weighted by Crippen LogP contribution is -2.14. The van der Waals surface area contributed by atoms with Crippen molar-refractivity contribution in [1.82, 2.24) is 4.98 Å². The van der Waals surface area contributed by atoms with E-state index in [0.29, 0.717) is 16.7 Å². The van der Waals surface area contributed by atoms with Gasteiger partial charge in [-0.25, -0.2) is 9.78 Å². The number of aryl methyl sites for hydroxylation is 1. The van der Waals surface area contributed by atoms with Crippen LogP contribution >= 0.6 is 0 Å². The lowest BCUT2D eigenvalue weighted by atomic mass is 10.1. The first kappa shape index (κ1) is 14.0. The fourth-order valence-corrected chi connectivity index (χ4v) is 2.08. The fraction of sp³-hybridized carbons (Fsp3) is 0.118. The van der Waals surface area contributed by atoms with E-state index in [1.807, 2.05) is 19.1 Å². The largest absolute Gasteiger partial charge is 0.454 e. The van der Waals surface area contributed by atoms with Crippen LogP contribution in [0, 0.1) is 6.92 Å². The summed E-state index contributed by atoms with van der Waals surface area (Å²) in [4.78, 5) is 28.1. The van der Waals surface area contributed by atoms with Crippen LogP contribution in [-0.4, -0.2) is 23.3 Å². The average molecular weight is 295 g/mol. The second-order valence-electron chi connectivity index (χ2n) is 4.87. The number of fused-ring (bicyclic) bond motifs is 1. The molecule has 0 spiro atoms. The molecule has 0 atom stereocenters. The molecular formula is C17H13NO4. The van der Waals surface area contributed by atoms with E-state index < -0.39 is 5.97 Å². The topological polar surface area (TPSA) is 69.4 Å². The van der Waals surface area contributed by atoms with E-state index >= 15 is 0 Å². The van der Waals surface area contributed by atoms with Gasteiger partial charge in [0.15, 0.2) is 24.4 Å². The summed E-state index contributed by atoms with van der Waals surface area (Å²) in [6.07, 6.45) is 1.26. The molecule has 3 rings (SSSR count). The number of ether oxygens (including phenoxy) is 1. The van der Waals surface area contributed by atoms with Crippen LogP contribution in [0.1, 0.15) is 26.3 Å². The Labute approximate surface area is 126 Å². The van der Waals surface area contributed by atoms with Gasteiger partial charge in [-0.3, -0.25) is 4.79 Å². The third kappa shape index (κ3) is 2.74. The van der Waals surface area contributed by atoms with Gasteiger partial charge in [-0.1, -0.05) is 35.9 Å². The van der Waals surface area contributed by atoms with Crippen LogP contribution in [0.5, 0.6) is 0 Å². The maximum atomic E-state index is 12.1. The van der Waals surface area contributed by atoms with E-state index in [4.69, 9.17) is 9.15 Å². The summed E-state index contributed by atoms with van der Waals surface area (Å²) in [5.41, 5.74) is 2.78. The van der Waals surface area contributed by atoms with E-state index in [1.165, 1.54) is 6.39 Å². The number of Topliss-reactive ketones (excluding diaryl/α,β-unsaturated/α-hetero) is 1. The van der Waals surface area contributed by atoms with E-state index in [1.54, 1.807) is 30.3 Å². The zero-order valence-corrected chi connectivity index (χ0v) is 11.9. The number of rotatable bonds is 4. The minimum absolute atomic E-state index is 0.249. The van der Waals surface area contributed by atoms with Crippen LogP contribution in [0.2, 0.25) is 0 Å². The molecule has 1 heterocycles. The van der Waals surface area contributed by atoms with E-state index in [9.17, 15) is 9.59 Å². The first-order valence-electron chi connectivity index (χ1n) is 6.74. The molecule has 22 heavy (non-hydrogen) atoms. The predicted octanol–water partition coefficient (Wildman–Crippen LogP) is 3.18. The third-order valence-corrected chi connectivity index (χ3v) is 3.29. The Bertz CT molecular complexity index is 833. The Hall–Kier alpha value is -2.95. The molecule has 0 unspecified atom stereocenters. The SMILES string of the molecule is Cc1ccc(C(=O)COC(=O)c2cccc3ocnc23)cc1. The molecule has 2 aromatic carbocycles. The molecule has 0 aliphatic heterocycles. The molecule has 1 aromatic heterocycles. The number of esters is 1. The number of para-hydroxylation sites is 1. The predicted molar refractivity (Wildman–Crippen MR) is 79.8 cm³/mol. The number of hydrogen-bond acceptors (Lipinski definition) is 5. The van der Waals surface area contributed by atoms with Gasteiger partial charge in [0.1, 0.15) is 5.52 Å². The maximum Gasteiger partial charge on any atom is 0.340 e. The van der Waals surface area contributed by atoms with E-state index in [0.717, 1.165) is 5.56 Å². The van der Waals surface area contributed by atoms with Gasteiger partial charge in [-0.15, -0.1) is 0 Å². The average Bonchev–Trinajstić information content (AvgIpc) is 3.01. The number of carbonyl (C=O) groups excluding carboxylic acids is 2. The zero-order chi connectivity index (χ0) is 15.5. The molecule has 3 aromatic rings. The lowest BCUT2D eigenvalue weighted by molar-refractivity contribution is 0.0476. The standard InChI is InChI=1S/C17H13NO4/c1-11-5-7-12(8-6-11)14(19)9-21-17(20)13-3-2-4-15-16(13)18-10-22-15/h2-8,10H,9H2,1H3. The molecule has 0 saturated heterocycles. The van der Waals surface area contributed by atoms with Crippen LogP contribution in [0.3, 0.4) is 0 Å². The molecule has 0 aliphatic rings. The van der Waals surface area contributed by atoms with E-state index in [2.05, 4.69) is 4.98 Å². The fourth-order valence-electron chi connectivity index (χ4n) is 2.08. The van der Waals surface area contributed by atoms with Gasteiger partial charge in [-0.2, -0.15) is 0 Å². The molecule has 0 saturated carbocycles. The molecule has 0 amide bonds. The Morgan fingerprint density at radius 1 is 1.14 bits per heavy atom. The van der Waals surface area contributed by atoms with Gasteiger partial charge in [-0.05, 0) is 19.1 Å². The van der Waals surface area contributed by atoms with Crippen LogP contribution in [0.4, 0.5) is 0 Å². The minimum Gasteiger partial charge on any atom is -0.454 e. The number of nitrogens with zero attached hydrogens (tertiary/aromatic N) is 1. The highest BCUT2D eigenvalue weighted by atomic mass is 16.5. The van der Waals surface area contributed by atoms with Crippen molar-refractivity contribution in [3.8, 4) is 0 Å². The number of oxazole rings is 1. The van der Waals surface area contributed by atoms with Crippen molar-refractivity contribution in [2.75, 3.05) is 6.61 Å². The van der Waals surface area contributed by atoms with E-state index in [-0.39, 0.29) is 18.0 Å². The highest BCUT2D eigenvalue weighted by molar-refractivity contribution is 6.03. The second-order valence-corrected chi connectivity index (χ2v) is 4.87. The van der Waals surface area contributed by atoms with Crippen molar-refractivity contribution in [2.45, 2.75) is 6.92 Å². The Kier molecular flexibility index (Phi) is 3.70. The smallest absolute Gasteiger partial charge is 0.340 e. The van der Waals surface area contributed by atoms with Gasteiger partial charge in [0.2, 0.25) is 0 Å². The minimum atomic E-state index is -0.597. The summed E-state index contributed by atoms with van der Waals surface area (Å²) in [6, 6.07) is 12.1.